The largest absolute Gasteiger partial charge is 0.305 e. The quantitative estimate of drug-likeness (QED) is 0.0695. The van der Waals surface area contributed by atoms with Crippen molar-refractivity contribution in [3.8, 4) is 90.1 Å². The van der Waals surface area contributed by atoms with Crippen molar-refractivity contribution in [3.63, 3.8) is 0 Å². The molecule has 0 spiro atoms. The van der Waals surface area contributed by atoms with E-state index in [9.17, 15) is 0 Å². The zero-order valence-electron chi connectivity index (χ0n) is 83.2. The minimum Gasteiger partial charge on any atom is -0.305 e. The molecule has 0 bridgehead atoms. The topological polar surface area (TPSA) is 103 Å². The van der Waals surface area contributed by atoms with E-state index in [0.29, 0.717) is 17.3 Å². The van der Waals surface area contributed by atoms with Crippen LogP contribution in [0.15, 0.2) is 498 Å². The minimum atomic E-state index is -0.0274. The summed E-state index contributed by atoms with van der Waals surface area (Å²) in [4.78, 5) is 34.8. The zero-order valence-corrected chi connectivity index (χ0v) is 92.8. The Hall–Kier alpha value is -14.3. The average Bonchev–Trinajstić information content (AvgIpc) is 0.805. The van der Waals surface area contributed by atoms with Crippen LogP contribution in [-0.4, -0.2) is 39.9 Å². The Morgan fingerprint density at radius 1 is 0.205 bits per heavy atom. The van der Waals surface area contributed by atoms with Crippen molar-refractivity contribution in [1.82, 2.24) is 39.9 Å². The molecule has 0 fully saturated rings. The number of hydrogen-bond acceptors (Lipinski definition) is 8. The van der Waals surface area contributed by atoms with Gasteiger partial charge in [0.15, 0.2) is 0 Å². The molecular formula is C134H116Ir4N8-8. The number of aromatic nitrogens is 8. The second kappa shape index (κ2) is 61.1. The summed E-state index contributed by atoms with van der Waals surface area (Å²) in [6.45, 7) is 17.8. The van der Waals surface area contributed by atoms with Gasteiger partial charge in [-0.1, -0.05) is 308 Å². The van der Waals surface area contributed by atoms with E-state index < -0.39 is 0 Å². The molecule has 0 aliphatic rings. The van der Waals surface area contributed by atoms with E-state index >= 15 is 0 Å². The maximum absolute atomic E-state index is 4.42. The van der Waals surface area contributed by atoms with Crippen LogP contribution in [0, 0.1) is 53.9 Å². The summed E-state index contributed by atoms with van der Waals surface area (Å²) >= 11 is 0. The van der Waals surface area contributed by atoms with E-state index in [4.69, 9.17) is 0 Å². The Balaban J connectivity index is 0.000000171. The number of benzene rings is 13. The summed E-state index contributed by atoms with van der Waals surface area (Å²) < 4.78 is 0. The first kappa shape index (κ1) is 114. The molecule has 8 aromatic heterocycles. The number of pyridine rings is 8. The van der Waals surface area contributed by atoms with E-state index in [1.165, 1.54) is 66.8 Å². The van der Waals surface area contributed by atoms with Crippen LogP contribution in [-0.2, 0) is 112 Å². The summed E-state index contributed by atoms with van der Waals surface area (Å²) in [5, 5.41) is 0. The molecule has 0 aliphatic carbocycles. The van der Waals surface area contributed by atoms with Gasteiger partial charge >= 0.3 is 0 Å². The number of hydrogen-bond donors (Lipinski definition) is 0. The van der Waals surface area contributed by atoms with Gasteiger partial charge in [-0.3, -0.25) is 0 Å². The van der Waals surface area contributed by atoms with Crippen molar-refractivity contribution >= 4 is 0 Å². The maximum atomic E-state index is 4.42. The van der Waals surface area contributed by atoms with Gasteiger partial charge in [-0.2, -0.15) is 0 Å². The first-order valence-corrected chi connectivity index (χ1v) is 48.1. The summed E-state index contributed by atoms with van der Waals surface area (Å²) in [5.41, 5.74) is 32.0. The second-order valence-corrected chi connectivity index (χ2v) is 36.0. The molecule has 1 atom stereocenters. The average molecular weight is 2610 g/mol. The maximum Gasteiger partial charge on any atom is 0.0163 e. The minimum absolute atomic E-state index is 0. The summed E-state index contributed by atoms with van der Waals surface area (Å²) in [6, 6.07) is 178. The van der Waals surface area contributed by atoms with Crippen molar-refractivity contribution in [3.05, 3.63) is 614 Å². The molecule has 0 N–H and O–H groups in total. The third-order valence-corrected chi connectivity index (χ3v) is 23.4. The number of nitrogens with zero attached hydrogens (tertiary/aromatic N) is 8. The van der Waals surface area contributed by atoms with Gasteiger partial charge in [0.25, 0.3) is 0 Å². The standard InChI is InChI=1S/C20H18N.C19H16N.3C18H14N.C16H18N.C14H14N.C11H8N.4Ir/c1-20(2,17-8-4-3-5-9-17)18-13-11-16(12-14-18)19-10-6-7-15-21-19;1-15(16-7-3-2-4-8-16)17-10-12-18(13-11-17)19-9-5-6-14-20-19;1-3-7-15(8-4-1)13-16-11-12-19-18(14-16)17-9-5-2-6-10-17;2*1-2-6-15(7-3-1)14-16-9-11-17(12-10-16)18-8-4-5-13-19-18;1-16(2,3)12-13-9-10-17-15(11-13)14-7-5-4-6-8-14;1-11(2)13-8-9-15-14(10-13)12-6-4-3-5-7-12;1-2-6-10(7-3-1)11-8-4-5-9-12-11;;;;/h3-11,13-15H,1-2H3;2-12,14-15H,1H3;1-9,11-12,14H,13H2;2*1-11,13H,14H2;4-7,9-11H,12H2,1-3H3;3-6,8-11H,1-2H3;1-6,8-9H;;;;/q8*-1;;;;. The third-order valence-electron chi connectivity index (χ3n) is 23.4. The summed E-state index contributed by atoms with van der Waals surface area (Å²) in [7, 11) is 0. The van der Waals surface area contributed by atoms with Gasteiger partial charge in [0, 0.05) is 130 Å². The van der Waals surface area contributed by atoms with Gasteiger partial charge < -0.3 is 39.9 Å². The van der Waals surface area contributed by atoms with Gasteiger partial charge in [-0.25, -0.2) is 0 Å². The van der Waals surface area contributed by atoms with Crippen molar-refractivity contribution in [2.45, 2.75) is 98.3 Å². The molecule has 736 valence electrons. The monoisotopic (exact) mass is 2610 g/mol. The molecular weight excluding hydrogens is 2490 g/mol. The second-order valence-electron chi connectivity index (χ2n) is 36.0. The van der Waals surface area contributed by atoms with Crippen molar-refractivity contribution in [2.24, 2.45) is 5.41 Å². The molecule has 146 heavy (non-hydrogen) atoms. The molecule has 0 aliphatic heterocycles. The van der Waals surface area contributed by atoms with Crippen LogP contribution in [0.5, 0.6) is 0 Å². The molecule has 21 rings (SSSR count). The van der Waals surface area contributed by atoms with Gasteiger partial charge in [-0.05, 0) is 165 Å². The van der Waals surface area contributed by atoms with Gasteiger partial charge in [0.2, 0.25) is 0 Å². The smallest absolute Gasteiger partial charge is 0.0163 e. The summed E-state index contributed by atoms with van der Waals surface area (Å²) in [6.07, 6.45) is 18.5. The molecule has 0 amide bonds. The van der Waals surface area contributed by atoms with Crippen LogP contribution in [0.25, 0.3) is 90.1 Å². The van der Waals surface area contributed by atoms with Crippen molar-refractivity contribution in [2.75, 3.05) is 0 Å². The van der Waals surface area contributed by atoms with E-state index in [-0.39, 0.29) is 85.8 Å². The van der Waals surface area contributed by atoms with Crippen LogP contribution >= 0.6 is 0 Å². The van der Waals surface area contributed by atoms with Crippen LogP contribution in [0.3, 0.4) is 0 Å². The fourth-order valence-electron chi connectivity index (χ4n) is 15.6. The first-order valence-electron chi connectivity index (χ1n) is 48.1. The van der Waals surface area contributed by atoms with Crippen molar-refractivity contribution in [1.29, 1.82) is 0 Å². The molecule has 21 aromatic rings. The van der Waals surface area contributed by atoms with E-state index in [0.717, 1.165) is 116 Å². The fraction of sp³-hybridized carbons (Fsp3) is 0.119. The summed E-state index contributed by atoms with van der Waals surface area (Å²) in [5.74, 6) is 0.917. The normalized spacial score (nSPS) is 10.5. The van der Waals surface area contributed by atoms with Crippen LogP contribution in [0.2, 0.25) is 0 Å². The third kappa shape index (κ3) is 37.1. The molecule has 4 radical (unpaired) electrons. The van der Waals surface area contributed by atoms with Crippen LogP contribution in [0.4, 0.5) is 0 Å². The molecule has 8 heterocycles. The number of rotatable bonds is 20. The molecule has 12 heteroatoms. The van der Waals surface area contributed by atoms with Crippen LogP contribution < -0.4 is 0 Å². The Morgan fingerprint density at radius 3 is 0.836 bits per heavy atom. The SMILES string of the molecule is CC(C)(C)Cc1ccnc(-c2[c-]cccc2)c1.CC(C)(c1c[c-]c(-c2ccccn2)cc1)c1ccccc1.CC(C)c1ccnc(-c2[c-]cccc2)c1.CC(c1c[c-]c(-c2ccccn2)cc1)c1ccccc1.[Ir].[Ir].[Ir].[Ir].[c-]1cc(Cc2ccccc2)ccc1-c1ccccn1.[c-]1cc(Cc2ccccc2)ccc1-c1ccccn1.[c-]1ccccc1-c1cc(Cc2ccccc2)ccn1.[c-]1ccccc1-c1ccccn1. The molecule has 1 unspecified atom stereocenters. The van der Waals surface area contributed by atoms with Crippen molar-refractivity contribution < 1.29 is 80.4 Å². The van der Waals surface area contributed by atoms with E-state index in [1.54, 1.807) is 18.6 Å². The van der Waals surface area contributed by atoms with E-state index in [2.05, 4.69) is 380 Å². The Bertz CT molecular complexity index is 6980. The first-order chi connectivity index (χ1) is 69.5. The Labute approximate surface area is 919 Å². The predicted octanol–water partition coefficient (Wildman–Crippen LogP) is 32.3. The van der Waals surface area contributed by atoms with Crippen LogP contribution in [0.1, 0.15) is 134 Å². The predicted molar refractivity (Wildman–Crippen MR) is 586 cm³/mol. The van der Waals surface area contributed by atoms with Gasteiger partial charge in [0.1, 0.15) is 0 Å². The molecule has 13 aromatic carbocycles. The molecule has 0 saturated carbocycles. The molecule has 8 nitrogen and oxygen atoms in total. The Morgan fingerprint density at radius 2 is 0.507 bits per heavy atom. The Kier molecular flexibility index (Phi) is 47.5. The zero-order chi connectivity index (χ0) is 98.4. The fourth-order valence-corrected chi connectivity index (χ4v) is 15.6. The van der Waals surface area contributed by atoms with Gasteiger partial charge in [-0.15, -0.1) is 285 Å². The van der Waals surface area contributed by atoms with E-state index in [1.807, 2.05) is 243 Å². The van der Waals surface area contributed by atoms with Gasteiger partial charge in [0.05, 0.1) is 0 Å². The molecule has 0 saturated heterocycles.